The molecule has 0 radical (unpaired) electrons. The van der Waals surface area contributed by atoms with Gasteiger partial charge in [0.15, 0.2) is 0 Å². The third-order valence-electron chi connectivity index (χ3n) is 3.95. The van der Waals surface area contributed by atoms with E-state index in [0.717, 1.165) is 21.7 Å². The van der Waals surface area contributed by atoms with E-state index in [-0.39, 0.29) is 12.1 Å². The lowest BCUT2D eigenvalue weighted by atomic mass is 10.1. The highest BCUT2D eigenvalue weighted by Crippen LogP contribution is 2.28. The summed E-state index contributed by atoms with van der Waals surface area (Å²) in [5, 5.41) is 3.10. The maximum absolute atomic E-state index is 13.9. The summed E-state index contributed by atoms with van der Waals surface area (Å²) >= 11 is 0. The number of aryl methyl sites for hydroxylation is 2. The molecule has 1 fully saturated rings. The first-order valence-corrected chi connectivity index (χ1v) is 7.42. The minimum absolute atomic E-state index is 0.00688. The van der Waals surface area contributed by atoms with Crippen LogP contribution in [0.2, 0.25) is 0 Å². The third-order valence-corrected chi connectivity index (χ3v) is 3.95. The lowest BCUT2D eigenvalue weighted by Crippen LogP contribution is -2.35. The second-order valence-electron chi connectivity index (χ2n) is 5.74. The molecule has 1 heterocycles. The van der Waals surface area contributed by atoms with Crippen molar-refractivity contribution in [1.82, 2.24) is 0 Å². The average Bonchev–Trinajstić information content (AvgIpc) is 2.77. The number of hydrogen-bond donors (Lipinski definition) is 1. The van der Waals surface area contributed by atoms with E-state index in [4.69, 9.17) is 0 Å². The monoisotopic (exact) mass is 312 g/mol. The Morgan fingerprint density at radius 2 is 1.87 bits per heavy atom. The number of carbonyl (C=O) groups excluding carboxylic acids is 2. The van der Waals surface area contributed by atoms with Crippen molar-refractivity contribution in [2.75, 3.05) is 10.2 Å². The number of amides is 2. The van der Waals surface area contributed by atoms with Crippen molar-refractivity contribution in [1.29, 1.82) is 0 Å². The number of carbonyl (C=O) groups is 2. The number of nitrogens with zero attached hydrogens (tertiary/aromatic N) is 1. The van der Waals surface area contributed by atoms with Crippen LogP contribution in [-0.2, 0) is 9.59 Å². The van der Waals surface area contributed by atoms with Gasteiger partial charge in [-0.3, -0.25) is 9.59 Å². The van der Waals surface area contributed by atoms with Crippen molar-refractivity contribution in [3.8, 4) is 0 Å². The Hall–Kier alpha value is -2.69. The predicted molar refractivity (Wildman–Crippen MR) is 86.8 cm³/mol. The Labute approximate surface area is 133 Å². The van der Waals surface area contributed by atoms with E-state index in [0.29, 0.717) is 0 Å². The van der Waals surface area contributed by atoms with Gasteiger partial charge in [-0.1, -0.05) is 29.8 Å². The maximum atomic E-state index is 13.9. The predicted octanol–water partition coefficient (Wildman–Crippen LogP) is 3.19. The van der Waals surface area contributed by atoms with Crippen LogP contribution in [0.25, 0.3) is 0 Å². The molecule has 1 aliphatic rings. The van der Waals surface area contributed by atoms with Crippen LogP contribution < -0.4 is 10.2 Å². The molecule has 0 spiro atoms. The van der Waals surface area contributed by atoms with Gasteiger partial charge >= 0.3 is 0 Å². The van der Waals surface area contributed by atoms with Crippen molar-refractivity contribution in [3.63, 3.8) is 0 Å². The molecule has 2 amide bonds. The summed E-state index contributed by atoms with van der Waals surface area (Å²) in [5.74, 6) is -1.41. The molecule has 2 aromatic rings. The van der Waals surface area contributed by atoms with Gasteiger partial charge in [0, 0.05) is 5.69 Å². The van der Waals surface area contributed by atoms with Gasteiger partial charge in [0.05, 0.1) is 12.1 Å². The quantitative estimate of drug-likeness (QED) is 0.886. The summed E-state index contributed by atoms with van der Waals surface area (Å²) in [7, 11) is 0. The van der Waals surface area contributed by atoms with Gasteiger partial charge in [-0.2, -0.15) is 0 Å². The van der Waals surface area contributed by atoms with Gasteiger partial charge in [0.25, 0.3) is 5.91 Å². The molecule has 1 N–H and O–H groups in total. The topological polar surface area (TPSA) is 49.4 Å². The zero-order valence-corrected chi connectivity index (χ0v) is 13.0. The van der Waals surface area contributed by atoms with E-state index in [1.54, 1.807) is 6.07 Å². The Morgan fingerprint density at radius 3 is 2.57 bits per heavy atom. The molecule has 4 nitrogen and oxygen atoms in total. The van der Waals surface area contributed by atoms with Gasteiger partial charge in [-0.05, 0) is 37.6 Å². The third kappa shape index (κ3) is 2.82. The summed E-state index contributed by atoms with van der Waals surface area (Å²) in [4.78, 5) is 25.6. The summed E-state index contributed by atoms with van der Waals surface area (Å²) in [5.41, 5.74) is 2.93. The van der Waals surface area contributed by atoms with Gasteiger partial charge in [0.2, 0.25) is 5.91 Å². The number of imide groups is 1. The van der Waals surface area contributed by atoms with Crippen LogP contribution >= 0.6 is 0 Å². The van der Waals surface area contributed by atoms with Crippen LogP contribution in [0.15, 0.2) is 42.5 Å². The van der Waals surface area contributed by atoms with E-state index in [1.807, 2.05) is 32.0 Å². The largest absolute Gasteiger partial charge is 0.373 e. The molecule has 3 rings (SSSR count). The van der Waals surface area contributed by atoms with Crippen molar-refractivity contribution in [3.05, 3.63) is 59.4 Å². The Bertz CT molecular complexity index is 788. The maximum Gasteiger partial charge on any atom is 0.256 e. The molecule has 1 aliphatic heterocycles. The Morgan fingerprint density at radius 1 is 1.13 bits per heavy atom. The molecule has 1 saturated heterocycles. The lowest BCUT2D eigenvalue weighted by Gasteiger charge is -2.17. The number of hydrogen-bond acceptors (Lipinski definition) is 3. The molecule has 1 atom stereocenters. The first-order valence-electron chi connectivity index (χ1n) is 7.42. The summed E-state index contributed by atoms with van der Waals surface area (Å²) in [6, 6.07) is 10.9. The highest BCUT2D eigenvalue weighted by atomic mass is 19.1. The average molecular weight is 312 g/mol. The van der Waals surface area contributed by atoms with Crippen molar-refractivity contribution < 1.29 is 14.0 Å². The van der Waals surface area contributed by atoms with Gasteiger partial charge in [-0.25, -0.2) is 9.29 Å². The molecule has 5 heteroatoms. The number of nitrogens with one attached hydrogen (secondary N) is 1. The highest BCUT2D eigenvalue weighted by Gasteiger charge is 2.40. The smallest absolute Gasteiger partial charge is 0.256 e. The SMILES string of the molecule is Cc1ccc(N[C@@H]2CC(=O)N(c3ccccc3F)C2=O)c(C)c1. The fourth-order valence-corrected chi connectivity index (χ4v) is 2.79. The normalized spacial score (nSPS) is 17.7. The zero-order chi connectivity index (χ0) is 16.6. The van der Waals surface area contributed by atoms with Crippen LogP contribution in [0.3, 0.4) is 0 Å². The van der Waals surface area contributed by atoms with Crippen molar-refractivity contribution >= 4 is 23.2 Å². The molecule has 0 saturated carbocycles. The molecule has 0 aromatic heterocycles. The van der Waals surface area contributed by atoms with Crippen LogP contribution in [-0.4, -0.2) is 17.9 Å². The highest BCUT2D eigenvalue weighted by molar-refractivity contribution is 6.23. The van der Waals surface area contributed by atoms with Crippen molar-refractivity contribution in [2.24, 2.45) is 0 Å². The van der Waals surface area contributed by atoms with Gasteiger partial charge in [-0.15, -0.1) is 0 Å². The molecule has 118 valence electrons. The minimum Gasteiger partial charge on any atom is -0.373 e. The van der Waals surface area contributed by atoms with E-state index in [2.05, 4.69) is 5.32 Å². The summed E-state index contributed by atoms with van der Waals surface area (Å²) < 4.78 is 13.9. The molecule has 0 aliphatic carbocycles. The second kappa shape index (κ2) is 5.83. The minimum atomic E-state index is -0.677. The molecule has 0 bridgehead atoms. The van der Waals surface area contributed by atoms with E-state index >= 15 is 0 Å². The summed E-state index contributed by atoms with van der Waals surface area (Å²) in [6.07, 6.45) is 0.0144. The van der Waals surface area contributed by atoms with E-state index in [9.17, 15) is 14.0 Å². The Kier molecular flexibility index (Phi) is 3.86. The van der Waals surface area contributed by atoms with Crippen molar-refractivity contribution in [2.45, 2.75) is 26.3 Å². The second-order valence-corrected chi connectivity index (χ2v) is 5.74. The fourth-order valence-electron chi connectivity index (χ4n) is 2.79. The standard InChI is InChI=1S/C18H17FN2O2/c1-11-7-8-14(12(2)9-11)20-15-10-17(22)21(18(15)23)16-6-4-3-5-13(16)19/h3-9,15,20H,10H2,1-2H3/t15-/m1/s1. The van der Waals surface area contributed by atoms with E-state index < -0.39 is 23.7 Å². The number of halogens is 1. The molecule has 0 unspecified atom stereocenters. The Balaban J connectivity index is 1.85. The van der Waals surface area contributed by atoms with Gasteiger partial charge < -0.3 is 5.32 Å². The number of anilines is 2. The zero-order valence-electron chi connectivity index (χ0n) is 13.0. The van der Waals surface area contributed by atoms with Crippen LogP contribution in [0, 0.1) is 19.7 Å². The lowest BCUT2D eigenvalue weighted by molar-refractivity contribution is -0.121. The first kappa shape index (κ1) is 15.2. The van der Waals surface area contributed by atoms with Crippen LogP contribution in [0.1, 0.15) is 17.5 Å². The van der Waals surface area contributed by atoms with Crippen LogP contribution in [0.5, 0.6) is 0 Å². The fraction of sp³-hybridized carbons (Fsp3) is 0.222. The molecule has 23 heavy (non-hydrogen) atoms. The number of rotatable bonds is 3. The number of para-hydroxylation sites is 1. The number of benzene rings is 2. The van der Waals surface area contributed by atoms with E-state index in [1.165, 1.54) is 18.2 Å². The van der Waals surface area contributed by atoms with Crippen LogP contribution in [0.4, 0.5) is 15.8 Å². The van der Waals surface area contributed by atoms with Gasteiger partial charge in [0.1, 0.15) is 11.9 Å². The summed E-state index contributed by atoms with van der Waals surface area (Å²) in [6.45, 7) is 3.92. The molecule has 2 aromatic carbocycles. The first-order chi connectivity index (χ1) is 11.0. The molecular formula is C18H17FN2O2. The molecular weight excluding hydrogens is 295 g/mol.